The lowest BCUT2D eigenvalue weighted by atomic mass is 9.93. The Morgan fingerprint density at radius 1 is 1.19 bits per heavy atom. The summed E-state index contributed by atoms with van der Waals surface area (Å²) in [6.07, 6.45) is 9.87. The van der Waals surface area contributed by atoms with E-state index in [2.05, 4.69) is 17.8 Å². The molecule has 2 aliphatic heterocycles. The van der Waals surface area contributed by atoms with Crippen LogP contribution in [0.25, 0.3) is 5.57 Å². The number of hydrogen-bond acceptors (Lipinski definition) is 2. The third-order valence-corrected chi connectivity index (χ3v) is 6.18. The fourth-order valence-electron chi connectivity index (χ4n) is 3.31. The number of fused-ring (bicyclic) bond motifs is 2. The van der Waals surface area contributed by atoms with E-state index in [9.17, 15) is 4.39 Å². The molecule has 0 amide bonds. The van der Waals surface area contributed by atoms with Gasteiger partial charge in [0.15, 0.2) is 0 Å². The molecule has 2 heterocycles. The molecule has 1 aliphatic carbocycles. The minimum Gasteiger partial charge on any atom is -0.493 e. The van der Waals surface area contributed by atoms with Crippen LogP contribution in [0.1, 0.15) is 44.1 Å². The predicted molar refractivity (Wildman–Crippen MR) is 86.2 cm³/mol. The Hall–Kier alpha value is -0.960. The summed E-state index contributed by atoms with van der Waals surface area (Å²) in [6.45, 7) is 0.785. The molecule has 3 aliphatic rings. The van der Waals surface area contributed by atoms with Crippen molar-refractivity contribution < 1.29 is 9.13 Å². The Morgan fingerprint density at radius 2 is 2.10 bits per heavy atom. The van der Waals surface area contributed by atoms with E-state index >= 15 is 0 Å². The summed E-state index contributed by atoms with van der Waals surface area (Å²) >= 11 is 2.10. The molecule has 1 aromatic carbocycles. The highest BCUT2D eigenvalue weighted by molar-refractivity contribution is 8.00. The van der Waals surface area contributed by atoms with Crippen molar-refractivity contribution in [2.45, 2.75) is 49.0 Å². The van der Waals surface area contributed by atoms with Crippen LogP contribution in [0.15, 0.2) is 24.3 Å². The average molecular weight is 304 g/mol. The summed E-state index contributed by atoms with van der Waals surface area (Å²) in [4.78, 5) is 0. The van der Waals surface area contributed by atoms with Gasteiger partial charge in [0.25, 0.3) is 0 Å². The van der Waals surface area contributed by atoms with Gasteiger partial charge in [0.1, 0.15) is 11.6 Å². The summed E-state index contributed by atoms with van der Waals surface area (Å²) in [5.41, 5.74) is 2.29. The summed E-state index contributed by atoms with van der Waals surface area (Å²) in [5.74, 6) is 1.44. The zero-order valence-electron chi connectivity index (χ0n) is 12.2. The van der Waals surface area contributed by atoms with Gasteiger partial charge in [-0.05, 0) is 61.8 Å². The fraction of sp³-hybridized carbons (Fsp3) is 0.556. The Bertz CT molecular complexity index is 564. The second-order valence-electron chi connectivity index (χ2n) is 6.52. The first-order valence-corrected chi connectivity index (χ1v) is 9.01. The van der Waals surface area contributed by atoms with Gasteiger partial charge in [-0.1, -0.05) is 12.5 Å². The van der Waals surface area contributed by atoms with Crippen LogP contribution in [0.5, 0.6) is 5.75 Å². The van der Waals surface area contributed by atoms with Crippen molar-refractivity contribution >= 4 is 17.3 Å². The Balaban J connectivity index is 1.62. The third kappa shape index (κ3) is 3.13. The quantitative estimate of drug-likeness (QED) is 0.769. The number of benzene rings is 1. The molecule has 112 valence electrons. The van der Waals surface area contributed by atoms with Gasteiger partial charge in [0.05, 0.1) is 6.61 Å². The van der Waals surface area contributed by atoms with Crippen molar-refractivity contribution in [3.05, 3.63) is 35.7 Å². The van der Waals surface area contributed by atoms with Gasteiger partial charge in [-0.25, -0.2) is 4.39 Å². The molecule has 2 bridgehead atoms. The molecule has 0 N–H and O–H groups in total. The third-order valence-electron chi connectivity index (χ3n) is 4.68. The SMILES string of the molecule is Fc1ccc(OCC2CC2)c(C2=CC3CCCC(C2)S3)c1. The first kappa shape index (κ1) is 13.7. The molecule has 2 atom stereocenters. The lowest BCUT2D eigenvalue weighted by molar-refractivity contribution is 0.298. The lowest BCUT2D eigenvalue weighted by Crippen LogP contribution is -2.21. The molecule has 1 saturated heterocycles. The Morgan fingerprint density at radius 3 is 2.90 bits per heavy atom. The van der Waals surface area contributed by atoms with Crippen LogP contribution >= 0.6 is 11.8 Å². The number of allylic oxidation sites excluding steroid dienone is 1. The maximum absolute atomic E-state index is 13.7. The Labute approximate surface area is 130 Å². The molecule has 3 heteroatoms. The zero-order chi connectivity index (χ0) is 14.2. The van der Waals surface area contributed by atoms with Crippen LogP contribution in [-0.4, -0.2) is 17.1 Å². The van der Waals surface area contributed by atoms with Crippen molar-refractivity contribution in [3.8, 4) is 5.75 Å². The van der Waals surface area contributed by atoms with Crippen molar-refractivity contribution in [2.24, 2.45) is 5.92 Å². The molecule has 1 saturated carbocycles. The van der Waals surface area contributed by atoms with E-state index in [1.807, 2.05) is 6.07 Å². The largest absolute Gasteiger partial charge is 0.493 e. The number of thioether (sulfide) groups is 1. The highest BCUT2D eigenvalue weighted by Crippen LogP contribution is 2.45. The van der Waals surface area contributed by atoms with Crippen LogP contribution in [0.4, 0.5) is 4.39 Å². The minimum atomic E-state index is -0.159. The molecule has 1 aromatic rings. The number of halogens is 1. The van der Waals surface area contributed by atoms with Crippen LogP contribution in [0.3, 0.4) is 0 Å². The van der Waals surface area contributed by atoms with E-state index < -0.39 is 0 Å². The van der Waals surface area contributed by atoms with Crippen molar-refractivity contribution in [1.82, 2.24) is 0 Å². The zero-order valence-corrected chi connectivity index (χ0v) is 13.0. The Kier molecular flexibility index (Phi) is 3.70. The molecular weight excluding hydrogens is 283 g/mol. The summed E-state index contributed by atoms with van der Waals surface area (Å²) in [7, 11) is 0. The minimum absolute atomic E-state index is 0.159. The standard InChI is InChI=1S/C18H21FOS/c19-14-6-7-18(20-11-12-4-5-12)17(10-14)13-8-15-2-1-3-16(9-13)21-15/h6-8,10,12,15-16H,1-5,9,11H2. The fourth-order valence-corrected chi connectivity index (χ4v) is 4.93. The smallest absolute Gasteiger partial charge is 0.126 e. The molecule has 1 nitrogen and oxygen atoms in total. The van der Waals surface area contributed by atoms with Gasteiger partial charge >= 0.3 is 0 Å². The van der Waals surface area contributed by atoms with E-state index in [-0.39, 0.29) is 5.82 Å². The van der Waals surface area contributed by atoms with Gasteiger partial charge in [0.2, 0.25) is 0 Å². The first-order chi connectivity index (χ1) is 10.3. The van der Waals surface area contributed by atoms with E-state index in [4.69, 9.17) is 4.74 Å². The summed E-state index contributed by atoms with van der Waals surface area (Å²) < 4.78 is 19.7. The normalized spacial score (nSPS) is 28.1. The van der Waals surface area contributed by atoms with E-state index in [0.717, 1.165) is 30.3 Å². The van der Waals surface area contributed by atoms with Gasteiger partial charge in [-0.3, -0.25) is 0 Å². The van der Waals surface area contributed by atoms with E-state index in [1.165, 1.54) is 43.7 Å². The maximum Gasteiger partial charge on any atom is 0.126 e. The van der Waals surface area contributed by atoms with Crippen LogP contribution < -0.4 is 4.74 Å². The second-order valence-corrected chi connectivity index (χ2v) is 8.06. The van der Waals surface area contributed by atoms with E-state index in [0.29, 0.717) is 10.5 Å². The van der Waals surface area contributed by atoms with Crippen molar-refractivity contribution in [2.75, 3.05) is 6.61 Å². The van der Waals surface area contributed by atoms with Gasteiger partial charge in [0, 0.05) is 16.1 Å². The molecule has 2 unspecified atom stereocenters. The van der Waals surface area contributed by atoms with Crippen LogP contribution in [-0.2, 0) is 0 Å². The highest BCUT2D eigenvalue weighted by atomic mass is 32.2. The predicted octanol–water partition coefficient (Wildman–Crippen LogP) is 5.06. The molecule has 4 rings (SSSR count). The van der Waals surface area contributed by atoms with E-state index in [1.54, 1.807) is 6.07 Å². The number of rotatable bonds is 4. The second kappa shape index (κ2) is 5.68. The number of hydrogen-bond donors (Lipinski definition) is 0. The van der Waals surface area contributed by atoms with Gasteiger partial charge in [-0.15, -0.1) is 0 Å². The summed E-state index contributed by atoms with van der Waals surface area (Å²) in [6, 6.07) is 5.00. The number of ether oxygens (including phenoxy) is 1. The highest BCUT2D eigenvalue weighted by Gasteiger charge is 2.29. The maximum atomic E-state index is 13.7. The van der Waals surface area contributed by atoms with Gasteiger partial charge < -0.3 is 4.74 Å². The molecule has 0 spiro atoms. The molecule has 2 fully saturated rings. The summed E-state index contributed by atoms with van der Waals surface area (Å²) in [5, 5.41) is 1.33. The topological polar surface area (TPSA) is 9.23 Å². The average Bonchev–Trinajstić information content (AvgIpc) is 3.29. The molecule has 0 aromatic heterocycles. The molecule has 0 radical (unpaired) electrons. The molecular formula is C18H21FOS. The van der Waals surface area contributed by atoms with Crippen molar-refractivity contribution in [1.29, 1.82) is 0 Å². The van der Waals surface area contributed by atoms with Crippen LogP contribution in [0, 0.1) is 11.7 Å². The lowest BCUT2D eigenvalue weighted by Gasteiger charge is -2.33. The van der Waals surface area contributed by atoms with Crippen LogP contribution in [0.2, 0.25) is 0 Å². The van der Waals surface area contributed by atoms with Gasteiger partial charge in [-0.2, -0.15) is 11.8 Å². The first-order valence-electron chi connectivity index (χ1n) is 8.07. The molecule has 21 heavy (non-hydrogen) atoms. The van der Waals surface area contributed by atoms with Crippen molar-refractivity contribution in [3.63, 3.8) is 0 Å². The monoisotopic (exact) mass is 304 g/mol.